The zero-order valence-electron chi connectivity index (χ0n) is 10.7. The first-order valence-corrected chi connectivity index (χ1v) is 6.35. The molecule has 1 unspecified atom stereocenters. The highest BCUT2D eigenvalue weighted by Gasteiger charge is 2.26. The average Bonchev–Trinajstić information content (AvgIpc) is 2.27. The second-order valence-corrected chi connectivity index (χ2v) is 5.08. The van der Waals surface area contributed by atoms with Gasteiger partial charge in [-0.15, -0.1) is 0 Å². The van der Waals surface area contributed by atoms with Crippen molar-refractivity contribution < 1.29 is 9.59 Å². The van der Waals surface area contributed by atoms with Crippen LogP contribution in [0.2, 0.25) is 0 Å². The van der Waals surface area contributed by atoms with Crippen molar-refractivity contribution in [2.75, 3.05) is 13.1 Å². The van der Waals surface area contributed by atoms with Crippen LogP contribution in [0.3, 0.4) is 0 Å². The van der Waals surface area contributed by atoms with E-state index in [1.165, 1.54) is 6.42 Å². The third-order valence-corrected chi connectivity index (χ3v) is 2.99. The van der Waals surface area contributed by atoms with E-state index >= 15 is 0 Å². The molecule has 0 radical (unpaired) electrons. The molecule has 1 aliphatic heterocycles. The van der Waals surface area contributed by atoms with Crippen molar-refractivity contribution in [1.82, 2.24) is 10.2 Å². The summed E-state index contributed by atoms with van der Waals surface area (Å²) in [5, 5.41) is 2.56. The first-order chi connectivity index (χ1) is 8.00. The molecule has 0 spiro atoms. The minimum absolute atomic E-state index is 0.0113. The van der Waals surface area contributed by atoms with E-state index in [1.807, 2.05) is 18.7 Å². The highest BCUT2D eigenvalue weighted by Crippen LogP contribution is 2.13. The van der Waals surface area contributed by atoms with Gasteiger partial charge in [-0.3, -0.25) is 4.79 Å². The summed E-state index contributed by atoms with van der Waals surface area (Å²) in [4.78, 5) is 25.0. The van der Waals surface area contributed by atoms with Crippen molar-refractivity contribution in [3.63, 3.8) is 0 Å². The van der Waals surface area contributed by atoms with Crippen molar-refractivity contribution in [3.05, 3.63) is 0 Å². The van der Waals surface area contributed by atoms with Crippen LogP contribution in [0, 0.1) is 5.92 Å². The van der Waals surface area contributed by atoms with E-state index in [0.717, 1.165) is 25.9 Å². The topological polar surface area (TPSA) is 75.4 Å². The highest BCUT2D eigenvalue weighted by atomic mass is 16.2. The van der Waals surface area contributed by atoms with Gasteiger partial charge in [0, 0.05) is 13.1 Å². The summed E-state index contributed by atoms with van der Waals surface area (Å²) in [6.07, 6.45) is 3.92. The molecule has 1 aliphatic rings. The fourth-order valence-corrected chi connectivity index (χ4v) is 2.20. The lowest BCUT2D eigenvalue weighted by Crippen LogP contribution is -2.51. The van der Waals surface area contributed by atoms with Gasteiger partial charge >= 0.3 is 6.03 Å². The summed E-state index contributed by atoms with van der Waals surface area (Å²) >= 11 is 0. The van der Waals surface area contributed by atoms with Gasteiger partial charge in [-0.1, -0.05) is 13.8 Å². The van der Waals surface area contributed by atoms with Crippen LogP contribution in [0.15, 0.2) is 0 Å². The summed E-state index contributed by atoms with van der Waals surface area (Å²) < 4.78 is 0. The number of hydrogen-bond acceptors (Lipinski definition) is 2. The second kappa shape index (κ2) is 6.47. The number of nitrogens with one attached hydrogen (secondary N) is 1. The van der Waals surface area contributed by atoms with Crippen LogP contribution >= 0.6 is 0 Å². The predicted molar refractivity (Wildman–Crippen MR) is 66.4 cm³/mol. The lowest BCUT2D eigenvalue weighted by Gasteiger charge is -2.31. The molecule has 1 heterocycles. The number of carbonyl (C=O) groups is 2. The number of primary amides is 1. The van der Waals surface area contributed by atoms with Gasteiger partial charge in [0.25, 0.3) is 0 Å². The van der Waals surface area contributed by atoms with Crippen LogP contribution in [0.1, 0.15) is 39.5 Å². The van der Waals surface area contributed by atoms with Crippen molar-refractivity contribution in [2.24, 2.45) is 11.7 Å². The largest absolute Gasteiger partial charge is 0.352 e. The molecule has 0 aromatic rings. The molecule has 5 nitrogen and oxygen atoms in total. The summed E-state index contributed by atoms with van der Waals surface area (Å²) in [5.41, 5.74) is 5.12. The number of hydrogen-bond donors (Lipinski definition) is 2. The summed E-state index contributed by atoms with van der Waals surface area (Å²) in [6.45, 7) is 5.65. The molecular formula is C12H23N3O2. The molecule has 0 bridgehead atoms. The maximum Gasteiger partial charge on any atom is 0.312 e. The number of nitrogens with two attached hydrogens (primary N) is 1. The Morgan fingerprint density at radius 1 is 1.24 bits per heavy atom. The van der Waals surface area contributed by atoms with E-state index in [0.29, 0.717) is 12.3 Å². The van der Waals surface area contributed by atoms with E-state index < -0.39 is 12.1 Å². The number of amides is 3. The van der Waals surface area contributed by atoms with Crippen LogP contribution in [0.4, 0.5) is 4.79 Å². The molecule has 3 N–H and O–H groups in total. The Bertz CT molecular complexity index is 273. The van der Waals surface area contributed by atoms with E-state index in [-0.39, 0.29) is 5.91 Å². The number of urea groups is 1. The Labute approximate surface area is 103 Å². The normalized spacial score (nSPS) is 17.9. The number of likely N-dealkylation sites (tertiary alicyclic amines) is 1. The highest BCUT2D eigenvalue weighted by molar-refractivity contribution is 5.86. The van der Waals surface area contributed by atoms with E-state index in [1.54, 1.807) is 0 Å². The second-order valence-electron chi connectivity index (χ2n) is 5.08. The van der Waals surface area contributed by atoms with Gasteiger partial charge in [-0.05, 0) is 31.6 Å². The van der Waals surface area contributed by atoms with Gasteiger partial charge in [-0.25, -0.2) is 4.79 Å². The fraction of sp³-hybridized carbons (Fsp3) is 0.833. The van der Waals surface area contributed by atoms with Crippen LogP contribution in [-0.2, 0) is 4.79 Å². The molecule has 3 amide bonds. The minimum atomic E-state index is -0.624. The Kier molecular flexibility index (Phi) is 5.25. The number of nitrogens with zero attached hydrogens (tertiary/aromatic N) is 1. The summed E-state index contributed by atoms with van der Waals surface area (Å²) in [5.74, 6) is 0.359. The van der Waals surface area contributed by atoms with Gasteiger partial charge in [0.15, 0.2) is 0 Å². The van der Waals surface area contributed by atoms with E-state index in [2.05, 4.69) is 5.32 Å². The molecule has 1 atom stereocenters. The van der Waals surface area contributed by atoms with Gasteiger partial charge < -0.3 is 16.0 Å². The molecule has 1 saturated heterocycles. The maximum absolute atomic E-state index is 12.2. The Morgan fingerprint density at radius 2 is 1.82 bits per heavy atom. The average molecular weight is 241 g/mol. The lowest BCUT2D eigenvalue weighted by atomic mass is 10.0. The smallest absolute Gasteiger partial charge is 0.312 e. The molecule has 0 aromatic heterocycles. The minimum Gasteiger partial charge on any atom is -0.352 e. The van der Waals surface area contributed by atoms with Gasteiger partial charge in [0.2, 0.25) is 5.91 Å². The van der Waals surface area contributed by atoms with Crippen molar-refractivity contribution in [1.29, 1.82) is 0 Å². The predicted octanol–water partition coefficient (Wildman–Crippen LogP) is 1.08. The molecule has 5 heteroatoms. The van der Waals surface area contributed by atoms with Crippen LogP contribution in [0.5, 0.6) is 0 Å². The maximum atomic E-state index is 12.2. The zero-order valence-corrected chi connectivity index (χ0v) is 10.7. The van der Waals surface area contributed by atoms with Crippen molar-refractivity contribution in [2.45, 2.75) is 45.6 Å². The van der Waals surface area contributed by atoms with E-state index in [9.17, 15) is 9.59 Å². The third kappa shape index (κ3) is 4.63. The standard InChI is InChI=1S/C12H23N3O2/c1-9(2)8-10(14-12(13)17)11(16)15-6-4-3-5-7-15/h9-10H,3-8H2,1-2H3,(H3,13,14,17). The Morgan fingerprint density at radius 3 is 2.29 bits per heavy atom. The van der Waals surface area contributed by atoms with Gasteiger partial charge in [0.1, 0.15) is 6.04 Å². The van der Waals surface area contributed by atoms with Gasteiger partial charge in [-0.2, -0.15) is 0 Å². The number of rotatable bonds is 4. The van der Waals surface area contributed by atoms with E-state index in [4.69, 9.17) is 5.73 Å². The van der Waals surface area contributed by atoms with Crippen LogP contribution < -0.4 is 11.1 Å². The van der Waals surface area contributed by atoms with Gasteiger partial charge in [0.05, 0.1) is 0 Å². The molecular weight excluding hydrogens is 218 g/mol. The molecule has 0 aliphatic carbocycles. The summed E-state index contributed by atoms with van der Waals surface area (Å²) in [6, 6.07) is -1.09. The lowest BCUT2D eigenvalue weighted by molar-refractivity contribution is -0.134. The number of carbonyl (C=O) groups excluding carboxylic acids is 2. The first kappa shape index (κ1) is 13.8. The zero-order chi connectivity index (χ0) is 12.8. The SMILES string of the molecule is CC(C)CC(NC(N)=O)C(=O)N1CCCCC1. The van der Waals surface area contributed by atoms with Crippen LogP contribution in [-0.4, -0.2) is 36.0 Å². The Hall–Kier alpha value is -1.26. The third-order valence-electron chi connectivity index (χ3n) is 2.99. The molecule has 0 aromatic carbocycles. The fourth-order valence-electron chi connectivity index (χ4n) is 2.20. The van der Waals surface area contributed by atoms with Crippen LogP contribution in [0.25, 0.3) is 0 Å². The Balaban J connectivity index is 2.60. The molecule has 0 saturated carbocycles. The summed E-state index contributed by atoms with van der Waals surface area (Å²) in [7, 11) is 0. The molecule has 98 valence electrons. The monoisotopic (exact) mass is 241 g/mol. The van der Waals surface area contributed by atoms with Crippen molar-refractivity contribution in [3.8, 4) is 0 Å². The van der Waals surface area contributed by atoms with Crippen molar-refractivity contribution >= 4 is 11.9 Å². The first-order valence-electron chi connectivity index (χ1n) is 6.35. The molecule has 17 heavy (non-hydrogen) atoms. The quantitative estimate of drug-likeness (QED) is 0.773. The molecule has 1 fully saturated rings. The number of piperidine rings is 1. The molecule has 1 rings (SSSR count).